The minimum absolute atomic E-state index is 0.230. The Morgan fingerprint density at radius 2 is 2.00 bits per heavy atom. The van der Waals surface area contributed by atoms with Gasteiger partial charge in [-0.3, -0.25) is 4.79 Å². The average molecular weight is 384 g/mol. The number of benzene rings is 2. The molecule has 116 valence electrons. The molecule has 22 heavy (non-hydrogen) atoms. The molecule has 0 fully saturated rings. The van der Waals surface area contributed by atoms with Crippen LogP contribution >= 0.6 is 27.5 Å². The van der Waals surface area contributed by atoms with E-state index in [4.69, 9.17) is 16.3 Å². The number of hydrogen-bond donors (Lipinski definition) is 0. The van der Waals surface area contributed by atoms with E-state index in [0.29, 0.717) is 30.2 Å². The van der Waals surface area contributed by atoms with Crippen LogP contribution < -0.4 is 4.74 Å². The summed E-state index contributed by atoms with van der Waals surface area (Å²) < 4.78 is 11.4. The van der Waals surface area contributed by atoms with Gasteiger partial charge in [-0.1, -0.05) is 45.7 Å². The van der Waals surface area contributed by atoms with Crippen LogP contribution in [0.5, 0.6) is 5.75 Å². The highest BCUT2D eigenvalue weighted by Crippen LogP contribution is 2.27. The largest absolute Gasteiger partial charge is 0.487 e. The maximum Gasteiger partial charge on any atom is 0.305 e. The number of carbonyl (C=O) groups excluding carboxylic acids is 1. The second-order valence-electron chi connectivity index (χ2n) is 4.76. The molecule has 5 heteroatoms. The van der Waals surface area contributed by atoms with Crippen molar-refractivity contribution in [3.05, 3.63) is 63.1 Å². The molecule has 0 aliphatic rings. The first-order valence-corrected chi connectivity index (χ1v) is 7.98. The summed E-state index contributed by atoms with van der Waals surface area (Å²) in [5.74, 6) is 0.398. The maximum absolute atomic E-state index is 11.1. The molecule has 0 atom stereocenters. The number of ether oxygens (including phenoxy) is 2. The summed E-state index contributed by atoms with van der Waals surface area (Å²) in [5.41, 5.74) is 2.03. The molecule has 0 spiro atoms. The molecule has 0 N–H and O–H groups in total. The SMILES string of the molecule is COC(=O)CCc1ccc(OCc2cccc(Br)c2)c(Cl)c1. The first-order valence-electron chi connectivity index (χ1n) is 6.81. The third-order valence-corrected chi connectivity index (χ3v) is 3.91. The van der Waals surface area contributed by atoms with Gasteiger partial charge in [0.25, 0.3) is 0 Å². The van der Waals surface area contributed by atoms with Crippen molar-refractivity contribution in [2.75, 3.05) is 7.11 Å². The van der Waals surface area contributed by atoms with E-state index >= 15 is 0 Å². The Hall–Kier alpha value is -1.52. The Balaban J connectivity index is 1.96. The quantitative estimate of drug-likeness (QED) is 0.673. The van der Waals surface area contributed by atoms with Crippen molar-refractivity contribution in [1.82, 2.24) is 0 Å². The van der Waals surface area contributed by atoms with Gasteiger partial charge < -0.3 is 9.47 Å². The molecule has 3 nitrogen and oxygen atoms in total. The molecule has 0 aromatic heterocycles. The molecule has 0 amide bonds. The van der Waals surface area contributed by atoms with Crippen molar-refractivity contribution in [3.8, 4) is 5.75 Å². The van der Waals surface area contributed by atoms with Crippen LogP contribution in [-0.2, 0) is 22.6 Å². The lowest BCUT2D eigenvalue weighted by Gasteiger charge is -2.10. The lowest BCUT2D eigenvalue weighted by molar-refractivity contribution is -0.140. The number of rotatable bonds is 6. The van der Waals surface area contributed by atoms with Crippen LogP contribution in [-0.4, -0.2) is 13.1 Å². The van der Waals surface area contributed by atoms with Crippen molar-refractivity contribution in [2.45, 2.75) is 19.4 Å². The predicted molar refractivity (Wildman–Crippen MR) is 90.3 cm³/mol. The van der Waals surface area contributed by atoms with Gasteiger partial charge in [-0.15, -0.1) is 0 Å². The summed E-state index contributed by atoms with van der Waals surface area (Å²) in [6.07, 6.45) is 0.934. The van der Waals surface area contributed by atoms with Crippen LogP contribution in [0.4, 0.5) is 0 Å². The maximum atomic E-state index is 11.1. The molecule has 2 rings (SSSR count). The highest BCUT2D eigenvalue weighted by atomic mass is 79.9. The molecule has 0 bridgehead atoms. The fraction of sp³-hybridized carbons (Fsp3) is 0.235. The molecular weight excluding hydrogens is 368 g/mol. The number of halogens is 2. The smallest absolute Gasteiger partial charge is 0.305 e. The monoisotopic (exact) mass is 382 g/mol. The first-order chi connectivity index (χ1) is 10.6. The molecule has 0 saturated heterocycles. The molecular formula is C17H16BrClO3. The molecule has 0 aliphatic carbocycles. The van der Waals surface area contributed by atoms with E-state index in [1.165, 1.54) is 7.11 Å². The Morgan fingerprint density at radius 3 is 2.68 bits per heavy atom. The Labute approximate surface area is 143 Å². The Kier molecular flexibility index (Phi) is 6.28. The van der Waals surface area contributed by atoms with Gasteiger partial charge in [-0.2, -0.15) is 0 Å². The summed E-state index contributed by atoms with van der Waals surface area (Å²) in [4.78, 5) is 11.1. The molecule has 2 aromatic carbocycles. The van der Waals surface area contributed by atoms with E-state index in [9.17, 15) is 4.79 Å². The second-order valence-corrected chi connectivity index (χ2v) is 6.08. The lowest BCUT2D eigenvalue weighted by atomic mass is 10.1. The van der Waals surface area contributed by atoms with Crippen molar-refractivity contribution in [2.24, 2.45) is 0 Å². The summed E-state index contributed by atoms with van der Waals surface area (Å²) in [6, 6.07) is 13.5. The van der Waals surface area contributed by atoms with Crippen LogP contribution in [0.25, 0.3) is 0 Å². The number of carbonyl (C=O) groups is 1. The van der Waals surface area contributed by atoms with Crippen molar-refractivity contribution in [1.29, 1.82) is 0 Å². The first kappa shape index (κ1) is 16.8. The zero-order valence-electron chi connectivity index (χ0n) is 12.1. The minimum Gasteiger partial charge on any atom is -0.487 e. The highest BCUT2D eigenvalue weighted by molar-refractivity contribution is 9.10. The van der Waals surface area contributed by atoms with Gasteiger partial charge in [0.05, 0.1) is 12.1 Å². The van der Waals surface area contributed by atoms with E-state index in [1.54, 1.807) is 0 Å². The zero-order chi connectivity index (χ0) is 15.9. The van der Waals surface area contributed by atoms with E-state index < -0.39 is 0 Å². The van der Waals surface area contributed by atoms with Crippen LogP contribution in [0, 0.1) is 0 Å². The number of aryl methyl sites for hydroxylation is 1. The van der Waals surface area contributed by atoms with Gasteiger partial charge in [-0.25, -0.2) is 0 Å². The lowest BCUT2D eigenvalue weighted by Crippen LogP contribution is -2.02. The summed E-state index contributed by atoms with van der Waals surface area (Å²) in [6.45, 7) is 0.445. The van der Waals surface area contributed by atoms with Crippen molar-refractivity contribution >= 4 is 33.5 Å². The topological polar surface area (TPSA) is 35.5 Å². The van der Waals surface area contributed by atoms with Crippen LogP contribution in [0.2, 0.25) is 5.02 Å². The Bertz CT molecular complexity index is 658. The van der Waals surface area contributed by atoms with Gasteiger partial charge in [0.1, 0.15) is 12.4 Å². The summed E-state index contributed by atoms with van der Waals surface area (Å²) in [7, 11) is 1.38. The zero-order valence-corrected chi connectivity index (χ0v) is 14.5. The average Bonchev–Trinajstić information content (AvgIpc) is 2.51. The van der Waals surface area contributed by atoms with E-state index in [2.05, 4.69) is 20.7 Å². The van der Waals surface area contributed by atoms with Crippen molar-refractivity contribution < 1.29 is 14.3 Å². The van der Waals surface area contributed by atoms with Gasteiger partial charge in [0, 0.05) is 10.9 Å². The highest BCUT2D eigenvalue weighted by Gasteiger charge is 2.06. The minimum atomic E-state index is -0.230. The predicted octanol–water partition coefficient (Wildman–Crippen LogP) is 4.79. The second kappa shape index (κ2) is 8.20. The molecule has 0 saturated carbocycles. The molecule has 0 aliphatic heterocycles. The van der Waals surface area contributed by atoms with E-state index in [0.717, 1.165) is 15.6 Å². The van der Waals surface area contributed by atoms with Gasteiger partial charge in [-0.05, 0) is 41.8 Å². The number of methoxy groups -OCH3 is 1. The summed E-state index contributed by atoms with van der Waals surface area (Å²) >= 11 is 9.65. The summed E-state index contributed by atoms with van der Waals surface area (Å²) in [5, 5.41) is 0.539. The third-order valence-electron chi connectivity index (χ3n) is 3.13. The van der Waals surface area contributed by atoms with Gasteiger partial charge in [0.15, 0.2) is 0 Å². The van der Waals surface area contributed by atoms with E-state index in [1.807, 2.05) is 42.5 Å². The molecule has 0 unspecified atom stereocenters. The van der Waals surface area contributed by atoms with Gasteiger partial charge in [0.2, 0.25) is 0 Å². The van der Waals surface area contributed by atoms with Gasteiger partial charge >= 0.3 is 5.97 Å². The van der Waals surface area contributed by atoms with Crippen molar-refractivity contribution in [3.63, 3.8) is 0 Å². The Morgan fingerprint density at radius 1 is 1.18 bits per heavy atom. The normalized spacial score (nSPS) is 10.3. The van der Waals surface area contributed by atoms with Crippen LogP contribution in [0.3, 0.4) is 0 Å². The fourth-order valence-electron chi connectivity index (χ4n) is 1.95. The third kappa shape index (κ3) is 5.04. The van der Waals surface area contributed by atoms with E-state index in [-0.39, 0.29) is 5.97 Å². The standard InChI is InChI=1S/C17H16BrClO3/c1-21-17(20)8-6-12-5-7-16(15(19)10-12)22-11-13-3-2-4-14(18)9-13/h2-5,7,9-10H,6,8,11H2,1H3. The molecule has 0 radical (unpaired) electrons. The molecule has 0 heterocycles. The fourth-order valence-corrected chi connectivity index (χ4v) is 2.66. The van der Waals surface area contributed by atoms with Crippen LogP contribution in [0.15, 0.2) is 46.9 Å². The molecule has 2 aromatic rings. The number of esters is 1. The number of hydrogen-bond acceptors (Lipinski definition) is 3. The van der Waals surface area contributed by atoms with Crippen LogP contribution in [0.1, 0.15) is 17.5 Å².